The molecule has 0 fully saturated rings. The number of benzene rings is 1. The average Bonchev–Trinajstić information content (AvgIpc) is 2.83. The highest BCUT2D eigenvalue weighted by molar-refractivity contribution is 9.10. The van der Waals surface area contributed by atoms with E-state index in [0.29, 0.717) is 0 Å². The molecule has 94 valence electrons. The van der Waals surface area contributed by atoms with Gasteiger partial charge in [-0.25, -0.2) is 8.42 Å². The molecule has 0 saturated carbocycles. The Morgan fingerprint density at radius 3 is 2.33 bits per heavy atom. The Kier molecular flexibility index (Phi) is 4.04. The fraction of sp³-hybridized carbons (Fsp3) is 0.0769. The van der Waals surface area contributed by atoms with Crippen LogP contribution in [0.5, 0.6) is 0 Å². The van der Waals surface area contributed by atoms with Crippen LogP contribution in [-0.2, 0) is 15.6 Å². The van der Waals surface area contributed by atoms with Gasteiger partial charge in [0.2, 0.25) is 0 Å². The van der Waals surface area contributed by atoms with Crippen molar-refractivity contribution in [2.45, 2.75) is 5.75 Å². The van der Waals surface area contributed by atoms with Gasteiger partial charge in [0.15, 0.2) is 9.84 Å². The van der Waals surface area contributed by atoms with Gasteiger partial charge in [0.05, 0.1) is 5.75 Å². The van der Waals surface area contributed by atoms with Crippen LogP contribution < -0.4 is 0 Å². The summed E-state index contributed by atoms with van der Waals surface area (Å²) < 4.78 is 26.4. The van der Waals surface area contributed by atoms with Gasteiger partial charge in [0, 0.05) is 28.5 Å². The fourth-order valence-corrected chi connectivity index (χ4v) is 2.81. The molecule has 1 aromatic carbocycles. The maximum Gasteiger partial charge on any atom is 0.177 e. The van der Waals surface area contributed by atoms with Crippen LogP contribution in [0.2, 0.25) is 0 Å². The van der Waals surface area contributed by atoms with Gasteiger partial charge in [-0.15, -0.1) is 0 Å². The lowest BCUT2D eigenvalue weighted by atomic mass is 10.2. The van der Waals surface area contributed by atoms with Crippen LogP contribution in [0.15, 0.2) is 58.7 Å². The Hall–Kier alpha value is -1.33. The molecular formula is C13H12BrNO2S. The Morgan fingerprint density at radius 2 is 1.72 bits per heavy atom. The molecule has 1 aromatic heterocycles. The van der Waals surface area contributed by atoms with E-state index in [9.17, 15) is 8.42 Å². The molecule has 0 saturated heterocycles. The summed E-state index contributed by atoms with van der Waals surface area (Å²) in [4.78, 5) is 0. The lowest BCUT2D eigenvalue weighted by Gasteiger charge is -2.00. The van der Waals surface area contributed by atoms with Gasteiger partial charge in [-0.2, -0.15) is 0 Å². The van der Waals surface area contributed by atoms with E-state index in [-0.39, 0.29) is 5.75 Å². The van der Waals surface area contributed by atoms with Gasteiger partial charge in [-0.3, -0.25) is 0 Å². The maximum absolute atomic E-state index is 11.9. The van der Waals surface area contributed by atoms with E-state index < -0.39 is 9.84 Å². The molecule has 0 N–H and O–H groups in total. The van der Waals surface area contributed by atoms with E-state index in [0.717, 1.165) is 10.0 Å². The van der Waals surface area contributed by atoms with Crippen molar-refractivity contribution in [3.05, 3.63) is 64.2 Å². The van der Waals surface area contributed by atoms with Gasteiger partial charge in [0.25, 0.3) is 0 Å². The zero-order valence-corrected chi connectivity index (χ0v) is 11.9. The minimum absolute atomic E-state index is 0.0120. The Bertz CT molecular complexity index is 628. The first kappa shape index (κ1) is 13.1. The van der Waals surface area contributed by atoms with Crippen molar-refractivity contribution in [2.24, 2.45) is 0 Å². The number of aromatic nitrogens is 1. The second-order valence-corrected chi connectivity index (χ2v) is 6.65. The van der Waals surface area contributed by atoms with E-state index in [4.69, 9.17) is 0 Å². The van der Waals surface area contributed by atoms with Crippen molar-refractivity contribution in [3.8, 4) is 0 Å². The molecule has 0 aliphatic rings. The van der Waals surface area contributed by atoms with Crippen molar-refractivity contribution in [2.75, 3.05) is 0 Å². The molecule has 0 aliphatic heterocycles. The largest absolute Gasteiger partial charge is 0.330 e. The van der Waals surface area contributed by atoms with Crippen molar-refractivity contribution < 1.29 is 8.42 Å². The van der Waals surface area contributed by atoms with E-state index in [2.05, 4.69) is 15.9 Å². The summed E-state index contributed by atoms with van der Waals surface area (Å²) in [5, 5.41) is 1.23. The lowest BCUT2D eigenvalue weighted by Crippen LogP contribution is -2.00. The molecule has 0 unspecified atom stereocenters. The molecular weight excluding hydrogens is 314 g/mol. The maximum atomic E-state index is 11.9. The highest BCUT2D eigenvalue weighted by Gasteiger charge is 2.07. The zero-order chi connectivity index (χ0) is 13.0. The van der Waals surface area contributed by atoms with Crippen LogP contribution in [0, 0.1) is 0 Å². The first-order valence-electron chi connectivity index (χ1n) is 5.33. The lowest BCUT2D eigenvalue weighted by molar-refractivity contribution is 0.604. The minimum atomic E-state index is -3.24. The highest BCUT2D eigenvalue weighted by atomic mass is 79.9. The third-order valence-electron chi connectivity index (χ3n) is 2.35. The van der Waals surface area contributed by atoms with E-state index >= 15 is 0 Å². The summed E-state index contributed by atoms with van der Waals surface area (Å²) >= 11 is 3.32. The summed E-state index contributed by atoms with van der Waals surface area (Å²) in [6, 6.07) is 10.9. The summed E-state index contributed by atoms with van der Waals surface area (Å²) in [5.41, 5.74) is 0.773. The molecule has 0 radical (unpaired) electrons. The van der Waals surface area contributed by atoms with Crippen molar-refractivity contribution >= 4 is 32.0 Å². The summed E-state index contributed by atoms with van der Waals surface area (Å²) in [5.74, 6) is 0.0120. The van der Waals surface area contributed by atoms with Crippen molar-refractivity contribution in [1.29, 1.82) is 0 Å². The van der Waals surface area contributed by atoms with Gasteiger partial charge < -0.3 is 4.57 Å². The van der Waals surface area contributed by atoms with Crippen LogP contribution in [0.25, 0.3) is 6.20 Å². The van der Waals surface area contributed by atoms with E-state index in [1.165, 1.54) is 11.6 Å². The summed E-state index contributed by atoms with van der Waals surface area (Å²) in [7, 11) is -3.24. The van der Waals surface area contributed by atoms with Crippen LogP contribution >= 0.6 is 15.9 Å². The average molecular weight is 326 g/mol. The predicted octanol–water partition coefficient (Wildman–Crippen LogP) is 3.29. The molecule has 3 nitrogen and oxygen atoms in total. The molecule has 0 atom stereocenters. The molecule has 2 rings (SSSR count). The summed E-state index contributed by atoms with van der Waals surface area (Å²) in [6.07, 6.45) is 5.10. The number of rotatable bonds is 4. The highest BCUT2D eigenvalue weighted by Crippen LogP contribution is 2.13. The van der Waals surface area contributed by atoms with Crippen LogP contribution in [-0.4, -0.2) is 13.0 Å². The fourth-order valence-electron chi connectivity index (χ4n) is 1.47. The van der Waals surface area contributed by atoms with Crippen LogP contribution in [0.3, 0.4) is 0 Å². The first-order chi connectivity index (χ1) is 8.55. The Labute approximate surface area is 115 Å². The molecule has 1 heterocycles. The minimum Gasteiger partial charge on any atom is -0.330 e. The third kappa shape index (κ3) is 3.85. The van der Waals surface area contributed by atoms with Gasteiger partial charge in [0.1, 0.15) is 0 Å². The van der Waals surface area contributed by atoms with Crippen LogP contribution in [0.1, 0.15) is 5.56 Å². The van der Waals surface area contributed by atoms with Crippen molar-refractivity contribution in [3.63, 3.8) is 0 Å². The molecule has 18 heavy (non-hydrogen) atoms. The molecule has 5 heteroatoms. The molecule has 0 aliphatic carbocycles. The monoisotopic (exact) mass is 325 g/mol. The predicted molar refractivity (Wildman–Crippen MR) is 76.5 cm³/mol. The quantitative estimate of drug-likeness (QED) is 0.865. The Balaban J connectivity index is 2.10. The smallest absolute Gasteiger partial charge is 0.177 e. The van der Waals surface area contributed by atoms with Gasteiger partial charge >= 0.3 is 0 Å². The third-order valence-corrected chi connectivity index (χ3v) is 4.15. The van der Waals surface area contributed by atoms with Gasteiger partial charge in [-0.05, 0) is 29.8 Å². The zero-order valence-electron chi connectivity index (χ0n) is 9.53. The molecule has 0 spiro atoms. The topological polar surface area (TPSA) is 39.1 Å². The standard InChI is InChI=1S/C13H12BrNO2S/c14-13-5-3-12(4-6-13)11-18(16,17)10-9-15-7-1-2-8-15/h1-10H,11H2. The Morgan fingerprint density at radius 1 is 1.11 bits per heavy atom. The number of sulfone groups is 1. The molecule has 2 aromatic rings. The second-order valence-electron chi connectivity index (χ2n) is 3.85. The number of hydrogen-bond donors (Lipinski definition) is 0. The van der Waals surface area contributed by atoms with Crippen LogP contribution in [0.4, 0.5) is 0 Å². The summed E-state index contributed by atoms with van der Waals surface area (Å²) in [6.45, 7) is 0. The van der Waals surface area contributed by atoms with Gasteiger partial charge in [-0.1, -0.05) is 28.1 Å². The molecule has 0 amide bonds. The normalized spacial score (nSPS) is 12.1. The van der Waals surface area contributed by atoms with Crippen molar-refractivity contribution in [1.82, 2.24) is 4.57 Å². The van der Waals surface area contributed by atoms with E-state index in [1.54, 1.807) is 29.1 Å². The second kappa shape index (κ2) is 5.54. The number of hydrogen-bond acceptors (Lipinski definition) is 2. The first-order valence-corrected chi connectivity index (χ1v) is 7.84. The van der Waals surface area contributed by atoms with E-state index in [1.807, 2.05) is 24.3 Å². The SMILES string of the molecule is O=S(=O)(C=Cn1cccc1)Cc1ccc(Br)cc1. The number of nitrogens with zero attached hydrogens (tertiary/aromatic N) is 1. The molecule has 0 bridgehead atoms. The number of halogens is 1.